The van der Waals surface area contributed by atoms with Gasteiger partial charge in [0.2, 0.25) is 5.91 Å². The van der Waals surface area contributed by atoms with Crippen LogP contribution in [0.1, 0.15) is 50.6 Å². The Morgan fingerprint density at radius 3 is 2.43 bits per heavy atom. The molecule has 1 amide bonds. The zero-order chi connectivity index (χ0) is 20.9. The molecule has 4 rings (SSSR count). The molecule has 2 N–H and O–H groups in total. The van der Waals surface area contributed by atoms with E-state index in [2.05, 4.69) is 46.7 Å². The second kappa shape index (κ2) is 9.47. The van der Waals surface area contributed by atoms with Gasteiger partial charge in [-0.25, -0.2) is 0 Å². The van der Waals surface area contributed by atoms with Crippen molar-refractivity contribution in [1.29, 1.82) is 0 Å². The number of carbonyl (C=O) groups excluding carboxylic acids is 1. The topological polar surface area (TPSA) is 47.6 Å². The molecule has 2 saturated heterocycles. The smallest absolute Gasteiger partial charge is 0.227 e. The van der Waals surface area contributed by atoms with Crippen molar-refractivity contribution in [2.45, 2.75) is 45.1 Å². The number of hydrogen-bond acceptors (Lipinski definition) is 3. The van der Waals surface area contributed by atoms with Crippen LogP contribution in [-0.4, -0.2) is 30.7 Å². The predicted molar refractivity (Wildman–Crippen MR) is 128 cm³/mol. The van der Waals surface area contributed by atoms with Gasteiger partial charge in [0.25, 0.3) is 0 Å². The number of anilines is 3. The predicted octanol–water partition coefficient (Wildman–Crippen LogP) is 4.85. The van der Waals surface area contributed by atoms with Gasteiger partial charge >= 0.3 is 0 Å². The summed E-state index contributed by atoms with van der Waals surface area (Å²) in [6.45, 7) is 5.21. The van der Waals surface area contributed by atoms with Crippen LogP contribution in [0.3, 0.4) is 0 Å². The van der Waals surface area contributed by atoms with E-state index in [0.29, 0.717) is 11.5 Å². The van der Waals surface area contributed by atoms with E-state index in [4.69, 9.17) is 12.2 Å². The molecule has 6 heteroatoms. The standard InChI is InChI=1S/C24H30N4OS/c1-18(19-10-12-21(13-11-19)27-14-3-2-4-15-27)25-24(30)26-20-7-5-8-22(17-20)28-16-6-9-23(28)29/h5,7-8,10-13,17-18H,2-4,6,9,14-16H2,1H3,(H2,25,26,30). The van der Waals surface area contributed by atoms with Gasteiger partial charge in [-0.15, -0.1) is 0 Å². The Labute approximate surface area is 184 Å². The van der Waals surface area contributed by atoms with Crippen LogP contribution in [0.25, 0.3) is 0 Å². The molecule has 5 nitrogen and oxygen atoms in total. The van der Waals surface area contributed by atoms with E-state index >= 15 is 0 Å². The van der Waals surface area contributed by atoms with E-state index < -0.39 is 0 Å². The molecule has 2 aromatic rings. The van der Waals surface area contributed by atoms with Crippen LogP contribution in [0.15, 0.2) is 48.5 Å². The summed E-state index contributed by atoms with van der Waals surface area (Å²) in [4.78, 5) is 16.3. The van der Waals surface area contributed by atoms with Crippen molar-refractivity contribution >= 4 is 40.3 Å². The summed E-state index contributed by atoms with van der Waals surface area (Å²) in [7, 11) is 0. The lowest BCUT2D eigenvalue weighted by molar-refractivity contribution is -0.117. The van der Waals surface area contributed by atoms with Gasteiger partial charge in [-0.1, -0.05) is 18.2 Å². The van der Waals surface area contributed by atoms with Crippen molar-refractivity contribution in [2.75, 3.05) is 34.8 Å². The summed E-state index contributed by atoms with van der Waals surface area (Å²) in [6, 6.07) is 16.8. The summed E-state index contributed by atoms with van der Waals surface area (Å²) >= 11 is 5.53. The Morgan fingerprint density at radius 2 is 1.73 bits per heavy atom. The molecule has 158 valence electrons. The first-order valence-electron chi connectivity index (χ1n) is 10.9. The largest absolute Gasteiger partial charge is 0.372 e. The lowest BCUT2D eigenvalue weighted by Gasteiger charge is -2.29. The average molecular weight is 423 g/mol. The van der Waals surface area contributed by atoms with Crippen LogP contribution >= 0.6 is 12.2 Å². The second-order valence-corrected chi connectivity index (χ2v) is 8.57. The third kappa shape index (κ3) is 4.93. The number of nitrogens with one attached hydrogen (secondary N) is 2. The van der Waals surface area contributed by atoms with Gasteiger partial charge in [-0.2, -0.15) is 0 Å². The number of benzene rings is 2. The molecule has 1 unspecified atom stereocenters. The number of hydrogen-bond donors (Lipinski definition) is 2. The van der Waals surface area contributed by atoms with E-state index in [1.165, 1.54) is 30.5 Å². The molecule has 2 aliphatic rings. The maximum Gasteiger partial charge on any atom is 0.227 e. The van der Waals surface area contributed by atoms with Gasteiger partial charge in [0.15, 0.2) is 5.11 Å². The van der Waals surface area contributed by atoms with Crippen LogP contribution in [0.2, 0.25) is 0 Å². The van der Waals surface area contributed by atoms with Gasteiger partial charge in [-0.3, -0.25) is 4.79 Å². The van der Waals surface area contributed by atoms with Crippen LogP contribution in [-0.2, 0) is 4.79 Å². The number of rotatable bonds is 5. The molecular weight excluding hydrogens is 392 g/mol. The molecule has 0 spiro atoms. The molecule has 0 aliphatic carbocycles. The number of amides is 1. The van der Waals surface area contributed by atoms with Crippen molar-refractivity contribution in [3.8, 4) is 0 Å². The van der Waals surface area contributed by atoms with Crippen molar-refractivity contribution < 1.29 is 4.79 Å². The first-order valence-corrected chi connectivity index (χ1v) is 11.3. The summed E-state index contributed by atoms with van der Waals surface area (Å²) in [5.74, 6) is 0.189. The van der Waals surface area contributed by atoms with Crippen molar-refractivity contribution in [3.05, 3.63) is 54.1 Å². The SMILES string of the molecule is CC(NC(=S)Nc1cccc(N2CCCC2=O)c1)c1ccc(N2CCCCC2)cc1. The lowest BCUT2D eigenvalue weighted by atomic mass is 10.1. The molecule has 0 bridgehead atoms. The van der Waals surface area contributed by atoms with Gasteiger partial charge in [0.1, 0.15) is 0 Å². The van der Waals surface area contributed by atoms with E-state index in [1.807, 2.05) is 29.2 Å². The summed E-state index contributed by atoms with van der Waals surface area (Å²) < 4.78 is 0. The van der Waals surface area contributed by atoms with E-state index in [1.54, 1.807) is 0 Å². The van der Waals surface area contributed by atoms with Gasteiger partial charge < -0.3 is 20.4 Å². The van der Waals surface area contributed by atoms with Crippen molar-refractivity contribution in [3.63, 3.8) is 0 Å². The molecule has 0 aromatic heterocycles. The molecule has 0 saturated carbocycles. The number of piperidine rings is 1. The maximum absolute atomic E-state index is 12.0. The Morgan fingerprint density at radius 1 is 0.967 bits per heavy atom. The Bertz CT molecular complexity index is 892. The molecule has 2 aromatic carbocycles. The van der Waals surface area contributed by atoms with Gasteiger partial charge in [0.05, 0.1) is 6.04 Å². The minimum Gasteiger partial charge on any atom is -0.372 e. The number of carbonyl (C=O) groups is 1. The van der Waals surface area contributed by atoms with E-state index in [9.17, 15) is 4.79 Å². The average Bonchev–Trinajstić information content (AvgIpc) is 3.20. The second-order valence-electron chi connectivity index (χ2n) is 8.16. The van der Waals surface area contributed by atoms with E-state index in [-0.39, 0.29) is 11.9 Å². The highest BCUT2D eigenvalue weighted by Crippen LogP contribution is 2.25. The Kier molecular flexibility index (Phi) is 6.53. The first kappa shape index (κ1) is 20.7. The highest BCUT2D eigenvalue weighted by atomic mass is 32.1. The van der Waals surface area contributed by atoms with Crippen LogP contribution in [0.4, 0.5) is 17.1 Å². The fraction of sp³-hybridized carbons (Fsp3) is 0.417. The zero-order valence-electron chi connectivity index (χ0n) is 17.6. The summed E-state index contributed by atoms with van der Waals surface area (Å²) in [6.07, 6.45) is 5.47. The molecule has 0 radical (unpaired) electrons. The monoisotopic (exact) mass is 422 g/mol. The van der Waals surface area contributed by atoms with Gasteiger partial charge in [-0.05, 0) is 80.7 Å². The third-order valence-corrected chi connectivity index (χ3v) is 6.17. The molecule has 2 fully saturated rings. The number of nitrogens with zero attached hydrogens (tertiary/aromatic N) is 2. The third-order valence-electron chi connectivity index (χ3n) is 5.95. The minimum absolute atomic E-state index is 0.101. The number of thiocarbonyl (C=S) groups is 1. The lowest BCUT2D eigenvalue weighted by Crippen LogP contribution is -2.31. The molecule has 30 heavy (non-hydrogen) atoms. The molecule has 2 aliphatic heterocycles. The van der Waals surface area contributed by atoms with Crippen LogP contribution in [0.5, 0.6) is 0 Å². The summed E-state index contributed by atoms with van der Waals surface area (Å²) in [5.41, 5.74) is 4.32. The summed E-state index contributed by atoms with van der Waals surface area (Å²) in [5, 5.41) is 7.20. The normalized spacial score (nSPS) is 17.7. The first-order chi connectivity index (χ1) is 14.6. The Balaban J connectivity index is 1.34. The van der Waals surface area contributed by atoms with Crippen LogP contribution in [0, 0.1) is 0 Å². The van der Waals surface area contributed by atoms with Gasteiger partial charge in [0, 0.05) is 43.1 Å². The maximum atomic E-state index is 12.0. The molecular formula is C24H30N4OS. The molecule has 1 atom stereocenters. The van der Waals surface area contributed by atoms with Crippen molar-refractivity contribution in [2.24, 2.45) is 0 Å². The quantitative estimate of drug-likeness (QED) is 0.675. The highest BCUT2D eigenvalue weighted by Gasteiger charge is 2.21. The zero-order valence-corrected chi connectivity index (χ0v) is 18.4. The highest BCUT2D eigenvalue weighted by molar-refractivity contribution is 7.80. The molecule has 2 heterocycles. The fourth-order valence-corrected chi connectivity index (χ4v) is 4.54. The minimum atomic E-state index is 0.101. The van der Waals surface area contributed by atoms with Crippen LogP contribution < -0.4 is 20.4 Å². The fourth-order valence-electron chi connectivity index (χ4n) is 4.25. The van der Waals surface area contributed by atoms with Crippen molar-refractivity contribution in [1.82, 2.24) is 5.32 Å². The van der Waals surface area contributed by atoms with E-state index in [0.717, 1.165) is 37.4 Å². The Hall–Kier alpha value is -2.60.